The minimum Gasteiger partial charge on any atom is -0.397 e. The number of hydrogen-bond acceptors (Lipinski definition) is 2. The Kier molecular flexibility index (Phi) is 2.52. The molecule has 1 aromatic carbocycles. The van der Waals surface area contributed by atoms with Gasteiger partial charge in [0.2, 0.25) is 0 Å². The molecule has 4 nitrogen and oxygen atoms in total. The van der Waals surface area contributed by atoms with Crippen LogP contribution in [0.5, 0.6) is 0 Å². The fourth-order valence-corrected chi connectivity index (χ4v) is 3.87. The summed E-state index contributed by atoms with van der Waals surface area (Å²) in [6, 6.07) is 7.67. The molecule has 1 amide bonds. The van der Waals surface area contributed by atoms with Crippen LogP contribution in [-0.2, 0) is 0 Å². The molecule has 2 aliphatic rings. The van der Waals surface area contributed by atoms with Crippen molar-refractivity contribution in [2.24, 2.45) is 11.8 Å². The smallest absolute Gasteiger partial charge is 0.270 e. The molecule has 1 aromatic heterocycles. The summed E-state index contributed by atoms with van der Waals surface area (Å²) in [5.74, 6) is 1.58. The number of H-pyrrole nitrogens is 1. The summed E-state index contributed by atoms with van der Waals surface area (Å²) in [6.45, 7) is 1.85. The van der Waals surface area contributed by atoms with Crippen molar-refractivity contribution in [1.82, 2.24) is 9.88 Å². The lowest BCUT2D eigenvalue weighted by Crippen LogP contribution is -2.29. The highest BCUT2D eigenvalue weighted by atomic mass is 16.2. The maximum Gasteiger partial charge on any atom is 0.270 e. The SMILES string of the molecule is Nc1cccc2cc(C(=O)N3CC4CCCC4C3)[nH]c12. The number of fused-ring (bicyclic) bond motifs is 2. The van der Waals surface area contributed by atoms with Crippen molar-refractivity contribution >= 4 is 22.5 Å². The summed E-state index contributed by atoms with van der Waals surface area (Å²) >= 11 is 0. The predicted octanol–water partition coefficient (Wildman–Crippen LogP) is 2.62. The number of benzene rings is 1. The molecule has 0 radical (unpaired) electrons. The van der Waals surface area contributed by atoms with Crippen molar-refractivity contribution in [3.63, 3.8) is 0 Å². The highest BCUT2D eigenvalue weighted by molar-refractivity contribution is 6.00. The van der Waals surface area contributed by atoms with E-state index in [-0.39, 0.29) is 5.91 Å². The lowest BCUT2D eigenvalue weighted by Gasteiger charge is -2.16. The van der Waals surface area contributed by atoms with Gasteiger partial charge in [-0.1, -0.05) is 18.6 Å². The third-order valence-electron chi connectivity index (χ3n) is 4.93. The van der Waals surface area contributed by atoms with Crippen molar-refractivity contribution in [2.45, 2.75) is 19.3 Å². The Balaban J connectivity index is 1.63. The fourth-order valence-electron chi connectivity index (χ4n) is 3.87. The largest absolute Gasteiger partial charge is 0.397 e. The lowest BCUT2D eigenvalue weighted by molar-refractivity contribution is 0.0776. The first-order valence-electron chi connectivity index (χ1n) is 7.39. The van der Waals surface area contributed by atoms with Crippen LogP contribution in [0.2, 0.25) is 0 Å². The Labute approximate surface area is 117 Å². The number of nitrogens with two attached hydrogens (primary N) is 1. The summed E-state index contributed by atoms with van der Waals surface area (Å²) in [5.41, 5.74) is 8.17. The van der Waals surface area contributed by atoms with Crippen LogP contribution in [0, 0.1) is 11.8 Å². The van der Waals surface area contributed by atoms with Crippen molar-refractivity contribution in [3.8, 4) is 0 Å². The molecule has 2 fully saturated rings. The summed E-state index contributed by atoms with van der Waals surface area (Å²) < 4.78 is 0. The average Bonchev–Trinajstić information content (AvgIpc) is 3.11. The summed E-state index contributed by atoms with van der Waals surface area (Å²) in [4.78, 5) is 17.8. The Hall–Kier alpha value is -1.97. The number of amides is 1. The van der Waals surface area contributed by atoms with Gasteiger partial charge in [0.15, 0.2) is 0 Å². The molecule has 2 heterocycles. The highest BCUT2D eigenvalue weighted by Crippen LogP contribution is 2.38. The molecule has 2 aromatic rings. The van der Waals surface area contributed by atoms with E-state index >= 15 is 0 Å². The second kappa shape index (κ2) is 4.27. The third-order valence-corrected chi connectivity index (χ3v) is 4.93. The second-order valence-corrected chi connectivity index (χ2v) is 6.16. The molecule has 2 unspecified atom stereocenters. The monoisotopic (exact) mass is 269 g/mol. The molecule has 4 rings (SSSR count). The van der Waals surface area contributed by atoms with Crippen molar-refractivity contribution in [2.75, 3.05) is 18.8 Å². The van der Waals surface area contributed by atoms with Crippen LogP contribution in [0.15, 0.2) is 24.3 Å². The number of hydrogen-bond donors (Lipinski definition) is 2. The zero-order valence-electron chi connectivity index (χ0n) is 11.4. The molecule has 3 N–H and O–H groups in total. The van der Waals surface area contributed by atoms with E-state index < -0.39 is 0 Å². The third kappa shape index (κ3) is 1.71. The molecule has 1 aliphatic carbocycles. The fraction of sp³-hybridized carbons (Fsp3) is 0.438. The minimum absolute atomic E-state index is 0.120. The van der Waals surface area contributed by atoms with Crippen LogP contribution in [-0.4, -0.2) is 28.9 Å². The van der Waals surface area contributed by atoms with Gasteiger partial charge in [-0.05, 0) is 36.8 Å². The van der Waals surface area contributed by atoms with Gasteiger partial charge in [-0.25, -0.2) is 0 Å². The Morgan fingerprint density at radius 1 is 1.25 bits per heavy atom. The van der Waals surface area contributed by atoms with Gasteiger partial charge in [0.1, 0.15) is 5.69 Å². The van der Waals surface area contributed by atoms with Gasteiger partial charge in [-0.3, -0.25) is 4.79 Å². The molecule has 1 saturated carbocycles. The number of nitrogens with one attached hydrogen (secondary N) is 1. The maximum absolute atomic E-state index is 12.6. The van der Waals surface area contributed by atoms with E-state index in [1.165, 1.54) is 19.3 Å². The number of carbonyl (C=O) groups is 1. The van der Waals surface area contributed by atoms with Crippen LogP contribution in [0.1, 0.15) is 29.8 Å². The molecular formula is C16H19N3O. The van der Waals surface area contributed by atoms with Gasteiger partial charge in [0.25, 0.3) is 5.91 Å². The second-order valence-electron chi connectivity index (χ2n) is 6.16. The quantitative estimate of drug-likeness (QED) is 0.782. The van der Waals surface area contributed by atoms with E-state index in [2.05, 4.69) is 4.98 Å². The summed E-state index contributed by atoms with van der Waals surface area (Å²) in [7, 11) is 0. The normalized spacial score (nSPS) is 25.3. The number of rotatable bonds is 1. The Morgan fingerprint density at radius 3 is 2.70 bits per heavy atom. The van der Waals surface area contributed by atoms with Crippen molar-refractivity contribution in [3.05, 3.63) is 30.0 Å². The van der Waals surface area contributed by atoms with Crippen LogP contribution in [0.3, 0.4) is 0 Å². The molecular weight excluding hydrogens is 250 g/mol. The first-order valence-corrected chi connectivity index (χ1v) is 7.39. The average molecular weight is 269 g/mol. The van der Waals surface area contributed by atoms with Crippen LogP contribution < -0.4 is 5.73 Å². The molecule has 104 valence electrons. The lowest BCUT2D eigenvalue weighted by atomic mass is 10.0. The summed E-state index contributed by atoms with van der Waals surface area (Å²) in [6.07, 6.45) is 3.91. The van der Waals surface area contributed by atoms with Crippen LogP contribution in [0.4, 0.5) is 5.69 Å². The van der Waals surface area contributed by atoms with Crippen molar-refractivity contribution in [1.29, 1.82) is 0 Å². The van der Waals surface area contributed by atoms with E-state index in [0.29, 0.717) is 11.4 Å². The number of anilines is 1. The molecule has 0 bridgehead atoms. The minimum atomic E-state index is 0.120. The zero-order chi connectivity index (χ0) is 13.7. The number of aromatic amines is 1. The van der Waals surface area contributed by atoms with Gasteiger partial charge in [0, 0.05) is 18.5 Å². The Morgan fingerprint density at radius 2 is 2.00 bits per heavy atom. The van der Waals surface area contributed by atoms with Crippen molar-refractivity contribution < 1.29 is 4.79 Å². The Bertz CT molecular complexity index is 663. The highest BCUT2D eigenvalue weighted by Gasteiger charge is 2.38. The topological polar surface area (TPSA) is 62.1 Å². The molecule has 4 heteroatoms. The van der Waals surface area contributed by atoms with E-state index in [1.54, 1.807) is 0 Å². The van der Waals surface area contributed by atoms with E-state index in [0.717, 1.165) is 35.8 Å². The molecule has 2 atom stereocenters. The number of aromatic nitrogens is 1. The molecule has 1 saturated heterocycles. The zero-order valence-corrected chi connectivity index (χ0v) is 11.4. The van der Waals surface area contributed by atoms with E-state index in [1.807, 2.05) is 29.2 Å². The number of likely N-dealkylation sites (tertiary alicyclic amines) is 1. The standard InChI is InChI=1S/C16H19N3O/c17-13-6-2-3-10-7-14(18-15(10)13)16(20)19-8-11-4-1-5-12(11)9-19/h2-3,6-7,11-12,18H,1,4-5,8-9,17H2. The molecule has 20 heavy (non-hydrogen) atoms. The first kappa shape index (κ1) is 11.8. The number of carbonyl (C=O) groups excluding carboxylic acids is 1. The number of nitrogens with zero attached hydrogens (tertiary/aromatic N) is 1. The van der Waals surface area contributed by atoms with Crippen LogP contribution >= 0.6 is 0 Å². The molecule has 1 aliphatic heterocycles. The van der Waals surface area contributed by atoms with Gasteiger partial charge in [0.05, 0.1) is 11.2 Å². The van der Waals surface area contributed by atoms with E-state index in [9.17, 15) is 4.79 Å². The van der Waals surface area contributed by atoms with Gasteiger partial charge in [-0.15, -0.1) is 0 Å². The van der Waals surface area contributed by atoms with E-state index in [4.69, 9.17) is 5.73 Å². The number of para-hydroxylation sites is 1. The van der Waals surface area contributed by atoms with Gasteiger partial charge < -0.3 is 15.6 Å². The maximum atomic E-state index is 12.6. The molecule has 0 spiro atoms. The first-order chi connectivity index (χ1) is 9.72. The number of nitrogen functional groups attached to an aromatic ring is 1. The van der Waals surface area contributed by atoms with Gasteiger partial charge in [-0.2, -0.15) is 0 Å². The van der Waals surface area contributed by atoms with Gasteiger partial charge >= 0.3 is 0 Å². The van der Waals surface area contributed by atoms with Crippen LogP contribution in [0.25, 0.3) is 10.9 Å². The predicted molar refractivity (Wildman–Crippen MR) is 79.4 cm³/mol. The summed E-state index contributed by atoms with van der Waals surface area (Å²) in [5, 5.41) is 1.01.